The maximum atomic E-state index is 12.6. The van der Waals surface area contributed by atoms with E-state index in [2.05, 4.69) is 20.8 Å². The highest BCUT2D eigenvalue weighted by Crippen LogP contribution is 2.44. The first-order valence-electron chi connectivity index (χ1n) is 6.67. The monoisotopic (exact) mass is 284 g/mol. The van der Waals surface area contributed by atoms with Crippen molar-refractivity contribution in [3.05, 3.63) is 58.0 Å². The van der Waals surface area contributed by atoms with Gasteiger partial charge in [-0.05, 0) is 5.41 Å². The van der Waals surface area contributed by atoms with E-state index in [9.17, 15) is 9.59 Å². The topological polar surface area (TPSA) is 34.1 Å². The van der Waals surface area contributed by atoms with E-state index in [1.807, 2.05) is 12.2 Å². The molecule has 0 bridgehead atoms. The maximum Gasteiger partial charge on any atom is 0.200 e. The predicted octanol–water partition coefficient (Wildman–Crippen LogP) is 4.04. The van der Waals surface area contributed by atoms with Crippen molar-refractivity contribution in [2.45, 2.75) is 26.0 Å². The van der Waals surface area contributed by atoms with Crippen molar-refractivity contribution in [1.82, 2.24) is 0 Å². The van der Waals surface area contributed by atoms with Crippen molar-refractivity contribution in [3.63, 3.8) is 0 Å². The first-order valence-corrected chi connectivity index (χ1v) is 7.55. The van der Waals surface area contributed by atoms with Crippen LogP contribution in [0.4, 0.5) is 0 Å². The predicted molar refractivity (Wildman–Crippen MR) is 82.1 cm³/mol. The van der Waals surface area contributed by atoms with Crippen LogP contribution < -0.4 is 0 Å². The number of hydrogen-bond acceptors (Lipinski definition) is 3. The fourth-order valence-electron chi connectivity index (χ4n) is 2.46. The molecule has 1 heterocycles. The molecule has 1 atom stereocenters. The minimum Gasteiger partial charge on any atom is -0.289 e. The van der Waals surface area contributed by atoms with Crippen LogP contribution in [0.15, 0.2) is 46.9 Å². The molecule has 0 amide bonds. The highest BCUT2D eigenvalue weighted by molar-refractivity contribution is 8.04. The molecule has 0 N–H and O–H groups in total. The van der Waals surface area contributed by atoms with E-state index in [4.69, 9.17) is 0 Å². The standard InChI is InChI=1S/C17H16O2S/c1-17(2,3)13-9-8-12-14(18)10-6-4-5-7-11(10)15(19)16(12)20-13/h4-9,13H,1-3H3. The lowest BCUT2D eigenvalue weighted by Gasteiger charge is -2.32. The lowest BCUT2D eigenvalue weighted by molar-refractivity contribution is 0.0984. The van der Waals surface area contributed by atoms with Crippen molar-refractivity contribution in [2.75, 3.05) is 0 Å². The molecule has 1 aromatic rings. The second-order valence-electron chi connectivity index (χ2n) is 6.21. The summed E-state index contributed by atoms with van der Waals surface area (Å²) in [5.41, 5.74) is 1.67. The Balaban J connectivity index is 2.08. The highest BCUT2D eigenvalue weighted by Gasteiger charge is 2.36. The molecule has 0 saturated carbocycles. The molecule has 0 aromatic heterocycles. The molecule has 2 nitrogen and oxygen atoms in total. The number of fused-ring (bicyclic) bond motifs is 1. The lowest BCUT2D eigenvalue weighted by atomic mass is 9.87. The summed E-state index contributed by atoms with van der Waals surface area (Å²) in [6, 6.07) is 7.07. The van der Waals surface area contributed by atoms with Gasteiger partial charge in [0.05, 0.1) is 4.91 Å². The molecule has 20 heavy (non-hydrogen) atoms. The number of benzene rings is 1. The van der Waals surface area contributed by atoms with Crippen LogP contribution in [0, 0.1) is 5.41 Å². The number of thioether (sulfide) groups is 1. The fourth-order valence-corrected chi connectivity index (χ4v) is 3.72. The van der Waals surface area contributed by atoms with Crippen molar-refractivity contribution >= 4 is 23.3 Å². The van der Waals surface area contributed by atoms with Gasteiger partial charge < -0.3 is 0 Å². The van der Waals surface area contributed by atoms with Crippen LogP contribution in [0.3, 0.4) is 0 Å². The molecule has 1 aromatic carbocycles. The summed E-state index contributed by atoms with van der Waals surface area (Å²) < 4.78 is 0. The SMILES string of the molecule is CC(C)(C)C1C=CC2=C(S1)C(=O)c1ccccc1C2=O. The Morgan fingerprint density at radius 2 is 1.60 bits per heavy atom. The van der Waals surface area contributed by atoms with Gasteiger partial charge in [0.2, 0.25) is 5.78 Å². The molecule has 1 unspecified atom stereocenters. The Hall–Kier alpha value is -1.61. The van der Waals surface area contributed by atoms with Gasteiger partial charge in [-0.1, -0.05) is 57.2 Å². The number of carbonyl (C=O) groups is 2. The molecule has 102 valence electrons. The highest BCUT2D eigenvalue weighted by atomic mass is 32.2. The summed E-state index contributed by atoms with van der Waals surface area (Å²) >= 11 is 1.52. The number of hydrogen-bond donors (Lipinski definition) is 0. The molecular formula is C17H16O2S. The average molecular weight is 284 g/mol. The molecular weight excluding hydrogens is 268 g/mol. The van der Waals surface area contributed by atoms with Gasteiger partial charge in [-0.3, -0.25) is 9.59 Å². The van der Waals surface area contributed by atoms with Crippen molar-refractivity contribution in [1.29, 1.82) is 0 Å². The summed E-state index contributed by atoms with van der Waals surface area (Å²) in [7, 11) is 0. The zero-order valence-corrected chi connectivity index (χ0v) is 12.6. The van der Waals surface area contributed by atoms with Gasteiger partial charge in [0.15, 0.2) is 5.78 Å². The Bertz CT molecular complexity index is 674. The van der Waals surface area contributed by atoms with Crippen molar-refractivity contribution in [3.8, 4) is 0 Å². The molecule has 0 saturated heterocycles. The van der Waals surface area contributed by atoms with Crippen LogP contribution >= 0.6 is 11.8 Å². The van der Waals surface area contributed by atoms with Crippen molar-refractivity contribution < 1.29 is 9.59 Å². The Kier molecular flexibility index (Phi) is 2.98. The van der Waals surface area contributed by atoms with Gasteiger partial charge in [0, 0.05) is 21.9 Å². The van der Waals surface area contributed by atoms with Crippen LogP contribution in [-0.2, 0) is 0 Å². The molecule has 1 aliphatic carbocycles. The summed E-state index contributed by atoms with van der Waals surface area (Å²) in [4.78, 5) is 25.7. The number of rotatable bonds is 0. The van der Waals surface area contributed by atoms with Gasteiger partial charge in [-0.2, -0.15) is 0 Å². The summed E-state index contributed by atoms with van der Waals surface area (Å²) in [6.07, 6.45) is 3.88. The number of carbonyl (C=O) groups excluding carboxylic acids is 2. The fraction of sp³-hybridized carbons (Fsp3) is 0.294. The normalized spacial score (nSPS) is 21.9. The summed E-state index contributed by atoms with van der Waals surface area (Å²) in [5, 5.41) is 0.211. The van der Waals surface area contributed by atoms with Crippen LogP contribution in [0.1, 0.15) is 41.5 Å². The molecule has 0 fully saturated rings. The third kappa shape index (κ3) is 1.97. The second-order valence-corrected chi connectivity index (χ2v) is 7.36. The minimum absolute atomic E-state index is 0.0150. The number of ketones is 2. The average Bonchev–Trinajstić information content (AvgIpc) is 2.43. The van der Waals surface area contributed by atoms with Crippen molar-refractivity contribution in [2.24, 2.45) is 5.41 Å². The number of allylic oxidation sites excluding steroid dienone is 3. The number of Topliss-reactive ketones (excluding diaryl/α,β-unsaturated/α-hetero) is 2. The molecule has 3 heteroatoms. The zero-order valence-electron chi connectivity index (χ0n) is 11.8. The molecule has 3 rings (SSSR count). The van der Waals surface area contributed by atoms with E-state index in [1.54, 1.807) is 24.3 Å². The van der Waals surface area contributed by atoms with E-state index in [0.717, 1.165) is 0 Å². The van der Waals surface area contributed by atoms with Crippen LogP contribution in [0.25, 0.3) is 0 Å². The van der Waals surface area contributed by atoms with Crippen LogP contribution in [-0.4, -0.2) is 16.8 Å². The second kappa shape index (κ2) is 4.45. The van der Waals surface area contributed by atoms with Gasteiger partial charge in [-0.25, -0.2) is 0 Å². The summed E-state index contributed by atoms with van der Waals surface area (Å²) in [6.45, 7) is 6.43. The first-order chi connectivity index (χ1) is 9.39. The maximum absolute atomic E-state index is 12.6. The Labute approximate surface area is 123 Å². The van der Waals surface area contributed by atoms with Gasteiger partial charge in [-0.15, -0.1) is 11.8 Å². The zero-order chi connectivity index (χ0) is 14.5. The van der Waals surface area contributed by atoms with Crippen LogP contribution in [0.5, 0.6) is 0 Å². The molecule has 2 aliphatic rings. The third-order valence-electron chi connectivity index (χ3n) is 3.65. The van der Waals surface area contributed by atoms with Gasteiger partial charge in [0.25, 0.3) is 0 Å². The van der Waals surface area contributed by atoms with E-state index < -0.39 is 0 Å². The minimum atomic E-state index is -0.0358. The Morgan fingerprint density at radius 3 is 2.20 bits per heavy atom. The largest absolute Gasteiger partial charge is 0.289 e. The van der Waals surface area contributed by atoms with E-state index in [1.165, 1.54) is 11.8 Å². The summed E-state index contributed by atoms with van der Waals surface area (Å²) in [5.74, 6) is -0.0508. The first kappa shape index (κ1) is 13.4. The molecule has 0 spiro atoms. The van der Waals surface area contributed by atoms with Gasteiger partial charge in [0.1, 0.15) is 0 Å². The van der Waals surface area contributed by atoms with E-state index in [-0.39, 0.29) is 22.2 Å². The van der Waals surface area contributed by atoms with Crippen LogP contribution in [0.2, 0.25) is 0 Å². The Morgan fingerprint density at radius 1 is 1.00 bits per heavy atom. The van der Waals surface area contributed by atoms with E-state index >= 15 is 0 Å². The molecule has 0 radical (unpaired) electrons. The third-order valence-corrected chi connectivity index (χ3v) is 5.41. The van der Waals surface area contributed by atoms with E-state index in [0.29, 0.717) is 21.6 Å². The van der Waals surface area contributed by atoms with Gasteiger partial charge >= 0.3 is 0 Å². The molecule has 1 aliphatic heterocycles. The lowest BCUT2D eigenvalue weighted by Crippen LogP contribution is -2.28. The quantitative estimate of drug-likeness (QED) is 0.721. The smallest absolute Gasteiger partial charge is 0.200 e.